The maximum Gasteiger partial charge on any atom is 0.163 e. The Morgan fingerprint density at radius 3 is 2.50 bits per heavy atom. The molecule has 0 fully saturated rings. The molecular formula is C13H13Cl2N3. The number of anilines is 1. The van der Waals surface area contributed by atoms with Gasteiger partial charge in [-0.05, 0) is 31.5 Å². The van der Waals surface area contributed by atoms with Crippen molar-refractivity contribution in [1.29, 1.82) is 0 Å². The standard InChI is InChI=1S/C13H13Cl2N3/c1-3-9-7(2)17-13(18-12(9)16)10-5-4-8(14)6-11(10)15/h4-6H,3H2,1-2H3,(H2,16,17,18). The molecule has 94 valence electrons. The average Bonchev–Trinajstić information content (AvgIpc) is 2.28. The summed E-state index contributed by atoms with van der Waals surface area (Å²) in [6, 6.07) is 5.22. The minimum Gasteiger partial charge on any atom is -0.383 e. The van der Waals surface area contributed by atoms with Gasteiger partial charge in [-0.25, -0.2) is 9.97 Å². The van der Waals surface area contributed by atoms with Gasteiger partial charge in [0.05, 0.1) is 5.02 Å². The minimum atomic E-state index is 0.506. The van der Waals surface area contributed by atoms with E-state index in [1.165, 1.54) is 0 Å². The van der Waals surface area contributed by atoms with Gasteiger partial charge >= 0.3 is 0 Å². The van der Waals surface area contributed by atoms with Crippen LogP contribution in [-0.4, -0.2) is 9.97 Å². The van der Waals surface area contributed by atoms with Crippen molar-refractivity contribution in [2.24, 2.45) is 0 Å². The van der Waals surface area contributed by atoms with Crippen LogP contribution >= 0.6 is 23.2 Å². The predicted molar refractivity (Wildman–Crippen MR) is 76.0 cm³/mol. The van der Waals surface area contributed by atoms with E-state index in [4.69, 9.17) is 28.9 Å². The van der Waals surface area contributed by atoms with Crippen molar-refractivity contribution < 1.29 is 0 Å². The molecular weight excluding hydrogens is 269 g/mol. The van der Waals surface area contributed by atoms with Crippen LogP contribution in [0.3, 0.4) is 0 Å². The van der Waals surface area contributed by atoms with Crippen LogP contribution in [0.15, 0.2) is 18.2 Å². The Bertz CT molecular complexity index is 574. The third-order valence-corrected chi connectivity index (χ3v) is 3.32. The van der Waals surface area contributed by atoms with Crippen LogP contribution in [0.1, 0.15) is 18.2 Å². The van der Waals surface area contributed by atoms with E-state index < -0.39 is 0 Å². The van der Waals surface area contributed by atoms with Gasteiger partial charge in [0, 0.05) is 21.8 Å². The second kappa shape index (κ2) is 5.12. The highest BCUT2D eigenvalue weighted by Gasteiger charge is 2.12. The molecule has 1 heterocycles. The predicted octanol–water partition coefficient (Wildman–Crippen LogP) is 3.90. The van der Waals surface area contributed by atoms with E-state index in [1.807, 2.05) is 13.8 Å². The Balaban J connectivity index is 2.58. The lowest BCUT2D eigenvalue weighted by Gasteiger charge is -2.09. The van der Waals surface area contributed by atoms with Crippen molar-refractivity contribution in [2.45, 2.75) is 20.3 Å². The average molecular weight is 282 g/mol. The third kappa shape index (κ3) is 2.42. The van der Waals surface area contributed by atoms with E-state index in [-0.39, 0.29) is 0 Å². The first-order valence-corrected chi connectivity index (χ1v) is 6.37. The Kier molecular flexibility index (Phi) is 3.73. The topological polar surface area (TPSA) is 51.8 Å². The summed E-state index contributed by atoms with van der Waals surface area (Å²) in [5, 5.41) is 1.10. The molecule has 1 aromatic heterocycles. The molecule has 0 aliphatic carbocycles. The number of halogens is 2. The molecule has 0 atom stereocenters. The van der Waals surface area contributed by atoms with Crippen LogP contribution in [0.5, 0.6) is 0 Å². The van der Waals surface area contributed by atoms with Gasteiger partial charge in [-0.3, -0.25) is 0 Å². The number of nitrogens with zero attached hydrogens (tertiary/aromatic N) is 2. The second-order valence-corrected chi connectivity index (χ2v) is 4.82. The zero-order chi connectivity index (χ0) is 13.3. The molecule has 1 aromatic carbocycles. The van der Waals surface area contributed by atoms with Gasteiger partial charge < -0.3 is 5.73 Å². The summed E-state index contributed by atoms with van der Waals surface area (Å²) in [7, 11) is 0. The molecule has 0 aliphatic rings. The first kappa shape index (κ1) is 13.1. The fourth-order valence-electron chi connectivity index (χ4n) is 1.85. The van der Waals surface area contributed by atoms with Gasteiger partial charge in [0.2, 0.25) is 0 Å². The number of aryl methyl sites for hydroxylation is 1. The van der Waals surface area contributed by atoms with E-state index in [9.17, 15) is 0 Å². The van der Waals surface area contributed by atoms with Crippen molar-refractivity contribution >= 4 is 29.0 Å². The summed E-state index contributed by atoms with van der Waals surface area (Å²) >= 11 is 12.0. The zero-order valence-electron chi connectivity index (χ0n) is 10.2. The summed E-state index contributed by atoms with van der Waals surface area (Å²) in [5.41, 5.74) is 8.52. The fourth-order valence-corrected chi connectivity index (χ4v) is 2.34. The molecule has 0 bridgehead atoms. The zero-order valence-corrected chi connectivity index (χ0v) is 11.7. The molecule has 5 heteroatoms. The molecule has 2 rings (SSSR count). The van der Waals surface area contributed by atoms with Crippen LogP contribution in [0.4, 0.5) is 5.82 Å². The molecule has 0 saturated heterocycles. The van der Waals surface area contributed by atoms with Crippen molar-refractivity contribution in [3.8, 4) is 11.4 Å². The molecule has 2 aromatic rings. The number of hydrogen-bond donors (Lipinski definition) is 1. The quantitative estimate of drug-likeness (QED) is 0.908. The Hall–Kier alpha value is -1.32. The second-order valence-electron chi connectivity index (χ2n) is 3.97. The van der Waals surface area contributed by atoms with Crippen molar-refractivity contribution in [2.75, 3.05) is 5.73 Å². The van der Waals surface area contributed by atoms with Gasteiger partial charge in [-0.15, -0.1) is 0 Å². The summed E-state index contributed by atoms with van der Waals surface area (Å²) in [5.74, 6) is 1.04. The molecule has 0 saturated carbocycles. The highest BCUT2D eigenvalue weighted by atomic mass is 35.5. The highest BCUT2D eigenvalue weighted by molar-refractivity contribution is 6.36. The number of rotatable bonds is 2. The number of aromatic nitrogens is 2. The van der Waals surface area contributed by atoms with Gasteiger partial charge in [-0.2, -0.15) is 0 Å². The van der Waals surface area contributed by atoms with E-state index in [1.54, 1.807) is 18.2 Å². The third-order valence-electron chi connectivity index (χ3n) is 2.77. The van der Waals surface area contributed by atoms with Crippen molar-refractivity contribution in [1.82, 2.24) is 9.97 Å². The fraction of sp³-hybridized carbons (Fsp3) is 0.231. The first-order valence-electron chi connectivity index (χ1n) is 5.61. The maximum atomic E-state index is 6.14. The molecule has 0 aliphatic heterocycles. The molecule has 0 spiro atoms. The Labute approximate surface area is 116 Å². The van der Waals surface area contributed by atoms with E-state index >= 15 is 0 Å². The van der Waals surface area contributed by atoms with E-state index in [0.29, 0.717) is 21.7 Å². The number of hydrogen-bond acceptors (Lipinski definition) is 3. The molecule has 0 amide bonds. The number of nitrogens with two attached hydrogens (primary N) is 1. The normalized spacial score (nSPS) is 10.7. The van der Waals surface area contributed by atoms with Crippen LogP contribution < -0.4 is 5.73 Å². The van der Waals surface area contributed by atoms with E-state index in [2.05, 4.69) is 9.97 Å². The minimum absolute atomic E-state index is 0.506. The summed E-state index contributed by atoms with van der Waals surface area (Å²) in [6.07, 6.45) is 0.812. The smallest absolute Gasteiger partial charge is 0.163 e. The summed E-state index contributed by atoms with van der Waals surface area (Å²) < 4.78 is 0. The maximum absolute atomic E-state index is 6.14. The lowest BCUT2D eigenvalue weighted by Crippen LogP contribution is -2.04. The lowest BCUT2D eigenvalue weighted by molar-refractivity contribution is 1.01. The molecule has 3 nitrogen and oxygen atoms in total. The van der Waals surface area contributed by atoms with Gasteiger partial charge in [0.25, 0.3) is 0 Å². The van der Waals surface area contributed by atoms with Crippen LogP contribution in [-0.2, 0) is 6.42 Å². The summed E-state index contributed by atoms with van der Waals surface area (Å²) in [6.45, 7) is 3.95. The monoisotopic (exact) mass is 281 g/mol. The molecule has 2 N–H and O–H groups in total. The Morgan fingerprint density at radius 1 is 1.22 bits per heavy atom. The number of nitrogen functional groups attached to an aromatic ring is 1. The summed E-state index contributed by atoms with van der Waals surface area (Å²) in [4.78, 5) is 8.75. The van der Waals surface area contributed by atoms with Crippen LogP contribution in [0.2, 0.25) is 10.0 Å². The van der Waals surface area contributed by atoms with Crippen molar-refractivity contribution in [3.63, 3.8) is 0 Å². The van der Waals surface area contributed by atoms with Gasteiger partial charge in [-0.1, -0.05) is 30.1 Å². The first-order chi connectivity index (χ1) is 8.52. The SMILES string of the molecule is CCc1c(C)nc(-c2ccc(Cl)cc2Cl)nc1N. The molecule has 0 unspecified atom stereocenters. The van der Waals surface area contributed by atoms with Gasteiger partial charge in [0.1, 0.15) is 5.82 Å². The van der Waals surface area contributed by atoms with E-state index in [0.717, 1.165) is 23.2 Å². The van der Waals surface area contributed by atoms with Crippen LogP contribution in [0.25, 0.3) is 11.4 Å². The number of benzene rings is 1. The molecule has 0 radical (unpaired) electrons. The largest absolute Gasteiger partial charge is 0.383 e. The van der Waals surface area contributed by atoms with Gasteiger partial charge in [0.15, 0.2) is 5.82 Å². The van der Waals surface area contributed by atoms with Crippen LogP contribution in [0, 0.1) is 6.92 Å². The Morgan fingerprint density at radius 2 is 1.94 bits per heavy atom. The lowest BCUT2D eigenvalue weighted by atomic mass is 10.1. The van der Waals surface area contributed by atoms with Crippen molar-refractivity contribution in [3.05, 3.63) is 39.5 Å². The highest BCUT2D eigenvalue weighted by Crippen LogP contribution is 2.29. The molecule has 18 heavy (non-hydrogen) atoms.